The van der Waals surface area contributed by atoms with Crippen LogP contribution in [0.1, 0.15) is 6.92 Å². The largest absolute Gasteiger partial charge is 0.315 e. The minimum atomic E-state index is -3.04. The molecular weight excluding hydrogens is 182 g/mol. The second kappa shape index (κ2) is 3.92. The van der Waals surface area contributed by atoms with Crippen molar-refractivity contribution in [3.05, 3.63) is 6.33 Å². The van der Waals surface area contributed by atoms with E-state index in [0.717, 1.165) is 0 Å². The Morgan fingerprint density at radius 1 is 1.77 bits per heavy atom. The van der Waals surface area contributed by atoms with Gasteiger partial charge in [0.05, 0.1) is 0 Å². The fourth-order valence-electron chi connectivity index (χ4n) is 0.748. The molecule has 5 nitrogen and oxygen atoms in total. The van der Waals surface area contributed by atoms with Gasteiger partial charge in [0.1, 0.15) is 6.33 Å². The van der Waals surface area contributed by atoms with Crippen LogP contribution in [0.4, 0.5) is 14.7 Å². The van der Waals surface area contributed by atoms with Gasteiger partial charge in [0.2, 0.25) is 5.95 Å². The van der Waals surface area contributed by atoms with Crippen LogP contribution in [0.25, 0.3) is 0 Å². The number of amides is 1. The van der Waals surface area contributed by atoms with Gasteiger partial charge in [0, 0.05) is 6.54 Å². The molecule has 0 unspecified atom stereocenters. The third-order valence-electron chi connectivity index (χ3n) is 1.39. The number of hydrogen-bond donors (Lipinski definition) is 1. The first-order chi connectivity index (χ1) is 6.15. The summed E-state index contributed by atoms with van der Waals surface area (Å²) in [6, 6.07) is 0. The quantitative estimate of drug-likeness (QED) is 0.755. The number of carbonyl (C=O) groups excluding carboxylic acids is 1. The summed E-state index contributed by atoms with van der Waals surface area (Å²) in [6.07, 6.45) is -1.69. The average Bonchev–Trinajstić information content (AvgIpc) is 2.51. The maximum Gasteiger partial charge on any atom is 0.315 e. The highest BCUT2D eigenvalue weighted by atomic mass is 19.3. The summed E-state index contributed by atoms with van der Waals surface area (Å²) >= 11 is 0. The Bertz CT molecular complexity index is 299. The summed E-state index contributed by atoms with van der Waals surface area (Å²) in [5, 5.41) is 8.86. The molecule has 1 N–H and O–H groups in total. The monoisotopic (exact) mass is 190 g/mol. The number of carbonyl (C=O) groups is 1. The SMILES string of the molecule is CCn1cnnc1NC(=O)C(F)F. The molecule has 0 atom stereocenters. The van der Waals surface area contributed by atoms with Crippen LogP contribution in [0.15, 0.2) is 6.33 Å². The van der Waals surface area contributed by atoms with E-state index in [1.54, 1.807) is 6.92 Å². The van der Waals surface area contributed by atoms with E-state index in [-0.39, 0.29) is 5.95 Å². The molecule has 0 radical (unpaired) electrons. The van der Waals surface area contributed by atoms with Gasteiger partial charge in [-0.2, -0.15) is 8.78 Å². The number of rotatable bonds is 3. The molecule has 0 bridgehead atoms. The molecule has 1 amide bonds. The number of aromatic nitrogens is 3. The molecule has 7 heteroatoms. The van der Waals surface area contributed by atoms with E-state index < -0.39 is 12.3 Å². The molecule has 0 aliphatic heterocycles. The number of aryl methyl sites for hydroxylation is 1. The van der Waals surface area contributed by atoms with Crippen molar-refractivity contribution in [2.45, 2.75) is 19.9 Å². The van der Waals surface area contributed by atoms with Crippen molar-refractivity contribution in [3.8, 4) is 0 Å². The van der Waals surface area contributed by atoms with E-state index in [1.165, 1.54) is 10.9 Å². The maximum absolute atomic E-state index is 11.8. The molecule has 0 saturated carbocycles. The van der Waals surface area contributed by atoms with Crippen molar-refractivity contribution in [2.24, 2.45) is 0 Å². The van der Waals surface area contributed by atoms with Gasteiger partial charge in [-0.3, -0.25) is 14.7 Å². The zero-order valence-corrected chi connectivity index (χ0v) is 6.87. The zero-order valence-electron chi connectivity index (χ0n) is 6.87. The standard InChI is InChI=1S/C6H8F2N4O/c1-2-12-3-9-11-6(12)10-5(13)4(7)8/h3-4H,2H2,1H3,(H,10,11,13). The van der Waals surface area contributed by atoms with E-state index in [4.69, 9.17) is 0 Å². The molecule has 1 aromatic rings. The van der Waals surface area contributed by atoms with Gasteiger partial charge in [-0.15, -0.1) is 10.2 Å². The number of anilines is 1. The number of nitrogens with one attached hydrogen (secondary N) is 1. The lowest BCUT2D eigenvalue weighted by molar-refractivity contribution is -0.126. The third kappa shape index (κ3) is 2.20. The van der Waals surface area contributed by atoms with Crippen molar-refractivity contribution in [1.29, 1.82) is 0 Å². The lowest BCUT2D eigenvalue weighted by Crippen LogP contribution is -2.22. The first kappa shape index (κ1) is 9.56. The van der Waals surface area contributed by atoms with E-state index in [9.17, 15) is 13.6 Å². The minimum absolute atomic E-state index is 0.0350. The van der Waals surface area contributed by atoms with Gasteiger partial charge in [-0.1, -0.05) is 0 Å². The lowest BCUT2D eigenvalue weighted by atomic mass is 10.6. The maximum atomic E-state index is 11.8. The summed E-state index contributed by atoms with van der Waals surface area (Å²) in [6.45, 7) is 2.28. The smallest absolute Gasteiger partial charge is 0.300 e. The molecule has 0 saturated heterocycles. The molecule has 0 spiro atoms. The minimum Gasteiger partial charge on any atom is -0.300 e. The predicted octanol–water partition coefficient (Wildman–Crippen LogP) is 0.502. The molecular formula is C6H8F2N4O. The van der Waals surface area contributed by atoms with Crippen LogP contribution in [-0.4, -0.2) is 27.1 Å². The normalized spacial score (nSPS) is 10.5. The van der Waals surface area contributed by atoms with Crippen molar-refractivity contribution < 1.29 is 13.6 Å². The zero-order chi connectivity index (χ0) is 9.84. The number of nitrogens with zero attached hydrogens (tertiary/aromatic N) is 3. The van der Waals surface area contributed by atoms with Crippen molar-refractivity contribution in [2.75, 3.05) is 5.32 Å². The molecule has 1 aromatic heterocycles. The summed E-state index contributed by atoms with van der Waals surface area (Å²) in [7, 11) is 0. The molecule has 0 fully saturated rings. The van der Waals surface area contributed by atoms with Gasteiger partial charge in [0.15, 0.2) is 0 Å². The number of hydrogen-bond acceptors (Lipinski definition) is 3. The van der Waals surface area contributed by atoms with Crippen LogP contribution in [0.5, 0.6) is 0 Å². The van der Waals surface area contributed by atoms with Gasteiger partial charge >= 0.3 is 6.43 Å². The molecule has 0 aromatic carbocycles. The van der Waals surface area contributed by atoms with E-state index in [2.05, 4.69) is 10.2 Å². The first-order valence-electron chi connectivity index (χ1n) is 3.62. The Kier molecular flexibility index (Phi) is 2.88. The Balaban J connectivity index is 2.68. The molecule has 13 heavy (non-hydrogen) atoms. The van der Waals surface area contributed by atoms with Crippen molar-refractivity contribution in [3.63, 3.8) is 0 Å². The van der Waals surface area contributed by atoms with Crippen LogP contribution in [0.2, 0.25) is 0 Å². The number of halogens is 2. The summed E-state index contributed by atoms with van der Waals surface area (Å²) in [4.78, 5) is 10.5. The number of alkyl halides is 2. The Morgan fingerprint density at radius 2 is 2.46 bits per heavy atom. The highest BCUT2D eigenvalue weighted by Crippen LogP contribution is 2.03. The molecule has 0 aliphatic carbocycles. The topological polar surface area (TPSA) is 59.8 Å². The highest BCUT2D eigenvalue weighted by molar-refractivity contribution is 5.91. The van der Waals surface area contributed by atoms with Crippen LogP contribution in [-0.2, 0) is 11.3 Å². The molecule has 72 valence electrons. The van der Waals surface area contributed by atoms with Crippen LogP contribution in [0, 0.1) is 0 Å². The van der Waals surface area contributed by atoms with Gasteiger partial charge in [-0.05, 0) is 6.92 Å². The Morgan fingerprint density at radius 3 is 3.00 bits per heavy atom. The van der Waals surface area contributed by atoms with Crippen LogP contribution >= 0.6 is 0 Å². The molecule has 0 aliphatic rings. The van der Waals surface area contributed by atoms with Crippen molar-refractivity contribution in [1.82, 2.24) is 14.8 Å². The molecule has 1 rings (SSSR count). The fourth-order valence-corrected chi connectivity index (χ4v) is 0.748. The van der Waals surface area contributed by atoms with Crippen molar-refractivity contribution >= 4 is 11.9 Å². The van der Waals surface area contributed by atoms with E-state index in [1.807, 2.05) is 5.32 Å². The predicted molar refractivity (Wildman–Crippen MR) is 40.3 cm³/mol. The van der Waals surface area contributed by atoms with Crippen LogP contribution in [0.3, 0.4) is 0 Å². The molecule has 1 heterocycles. The summed E-state index contributed by atoms with van der Waals surface area (Å²) in [5.41, 5.74) is 0. The van der Waals surface area contributed by atoms with Gasteiger partial charge in [-0.25, -0.2) is 0 Å². The highest BCUT2D eigenvalue weighted by Gasteiger charge is 2.17. The first-order valence-corrected chi connectivity index (χ1v) is 3.62. The lowest BCUT2D eigenvalue weighted by Gasteiger charge is -2.03. The summed E-state index contributed by atoms with van der Waals surface area (Å²) < 4.78 is 25.0. The van der Waals surface area contributed by atoms with E-state index in [0.29, 0.717) is 6.54 Å². The second-order valence-electron chi connectivity index (χ2n) is 2.23. The fraction of sp³-hybridized carbons (Fsp3) is 0.500. The second-order valence-corrected chi connectivity index (χ2v) is 2.23. The summed E-state index contributed by atoms with van der Waals surface area (Å²) in [5.74, 6) is -1.34. The third-order valence-corrected chi connectivity index (χ3v) is 1.39. The van der Waals surface area contributed by atoms with E-state index >= 15 is 0 Å². The Hall–Kier alpha value is -1.53. The Labute approximate surface area is 72.8 Å². The van der Waals surface area contributed by atoms with Crippen LogP contribution < -0.4 is 5.32 Å². The van der Waals surface area contributed by atoms with Gasteiger partial charge < -0.3 is 0 Å². The average molecular weight is 190 g/mol. The van der Waals surface area contributed by atoms with Gasteiger partial charge in [0.25, 0.3) is 5.91 Å².